The summed E-state index contributed by atoms with van der Waals surface area (Å²) < 4.78 is 18.7. The van der Waals surface area contributed by atoms with Crippen LogP contribution in [-0.4, -0.2) is 17.9 Å². The summed E-state index contributed by atoms with van der Waals surface area (Å²) >= 11 is 0. The fourth-order valence-corrected chi connectivity index (χ4v) is 1.64. The van der Waals surface area contributed by atoms with Crippen LogP contribution in [0.3, 0.4) is 0 Å². The number of carbonyl (C=O) groups is 1. The Bertz CT molecular complexity index is 609. The van der Waals surface area contributed by atoms with Gasteiger partial charge in [0.1, 0.15) is 11.6 Å². The van der Waals surface area contributed by atoms with Crippen molar-refractivity contribution in [2.24, 2.45) is 0 Å². The first-order valence-corrected chi connectivity index (χ1v) is 5.67. The Morgan fingerprint density at radius 1 is 1.32 bits per heavy atom. The Balaban J connectivity index is 2.28. The molecule has 4 heteroatoms. The normalized spacial score (nSPS) is 10.6. The molecule has 0 N–H and O–H groups in total. The van der Waals surface area contributed by atoms with Gasteiger partial charge in [-0.15, -0.1) is 0 Å². The lowest BCUT2D eigenvalue weighted by Gasteiger charge is -2.06. The highest BCUT2D eigenvalue weighted by Gasteiger charge is 2.14. The van der Waals surface area contributed by atoms with Crippen molar-refractivity contribution < 1.29 is 13.9 Å². The van der Waals surface area contributed by atoms with E-state index in [0.29, 0.717) is 0 Å². The maximum absolute atomic E-state index is 13.7. The zero-order valence-electron chi connectivity index (χ0n) is 10.3. The van der Waals surface area contributed by atoms with Crippen LogP contribution >= 0.6 is 0 Å². The maximum atomic E-state index is 13.7. The third-order valence-electron chi connectivity index (χ3n) is 2.55. The first-order chi connectivity index (χ1) is 9.22. The molecule has 1 heterocycles. The van der Waals surface area contributed by atoms with E-state index in [1.54, 1.807) is 36.7 Å². The number of benzene rings is 1. The molecule has 0 atom stereocenters. The van der Waals surface area contributed by atoms with E-state index in [0.717, 1.165) is 5.56 Å². The lowest BCUT2D eigenvalue weighted by Crippen LogP contribution is -2.02. The number of halogens is 1. The number of allylic oxidation sites excluding steroid dienone is 1. The van der Waals surface area contributed by atoms with Gasteiger partial charge in [0.15, 0.2) is 5.78 Å². The second kappa shape index (κ2) is 5.91. The number of hydrogen-bond donors (Lipinski definition) is 0. The van der Waals surface area contributed by atoms with E-state index in [4.69, 9.17) is 4.74 Å². The number of hydrogen-bond acceptors (Lipinski definition) is 3. The molecule has 0 aliphatic carbocycles. The number of ether oxygens (including phenoxy) is 1. The second-order valence-electron chi connectivity index (χ2n) is 3.80. The van der Waals surface area contributed by atoms with Gasteiger partial charge in [-0.1, -0.05) is 12.1 Å². The maximum Gasteiger partial charge on any atom is 0.192 e. The van der Waals surface area contributed by atoms with E-state index in [9.17, 15) is 9.18 Å². The Morgan fingerprint density at radius 2 is 2.16 bits per heavy atom. The number of aromatic nitrogens is 1. The molecular formula is C15H12FNO2. The van der Waals surface area contributed by atoms with Gasteiger partial charge in [-0.25, -0.2) is 4.39 Å². The zero-order chi connectivity index (χ0) is 13.7. The molecule has 19 heavy (non-hydrogen) atoms. The smallest absolute Gasteiger partial charge is 0.192 e. The number of methoxy groups -OCH3 is 1. The number of pyridine rings is 1. The molecule has 1 aromatic carbocycles. The number of nitrogens with zero attached hydrogens (tertiary/aromatic N) is 1. The van der Waals surface area contributed by atoms with E-state index in [1.165, 1.54) is 25.3 Å². The molecule has 0 saturated carbocycles. The number of ketones is 1. The molecule has 0 saturated heterocycles. The molecule has 3 nitrogen and oxygen atoms in total. The minimum atomic E-state index is -0.597. The predicted molar refractivity (Wildman–Crippen MR) is 70.6 cm³/mol. The van der Waals surface area contributed by atoms with Crippen molar-refractivity contribution in [3.63, 3.8) is 0 Å². The van der Waals surface area contributed by atoms with Crippen molar-refractivity contribution in [2.45, 2.75) is 0 Å². The lowest BCUT2D eigenvalue weighted by atomic mass is 10.1. The molecule has 0 spiro atoms. The summed E-state index contributed by atoms with van der Waals surface area (Å²) in [5, 5.41) is 0. The summed E-state index contributed by atoms with van der Waals surface area (Å²) in [6.45, 7) is 0. The van der Waals surface area contributed by atoms with Crippen LogP contribution in [-0.2, 0) is 0 Å². The molecule has 96 valence electrons. The molecule has 0 aliphatic rings. The quantitative estimate of drug-likeness (QED) is 0.624. The molecule has 0 bridgehead atoms. The Labute approximate surface area is 110 Å². The minimum absolute atomic E-state index is 0.0647. The molecule has 2 rings (SSSR count). The summed E-state index contributed by atoms with van der Waals surface area (Å²) in [4.78, 5) is 15.9. The van der Waals surface area contributed by atoms with Crippen LogP contribution < -0.4 is 4.74 Å². The van der Waals surface area contributed by atoms with Crippen molar-refractivity contribution in [1.82, 2.24) is 4.98 Å². The van der Waals surface area contributed by atoms with Crippen LogP contribution in [0.2, 0.25) is 0 Å². The van der Waals surface area contributed by atoms with Crippen LogP contribution in [0.4, 0.5) is 4.39 Å². The predicted octanol–water partition coefficient (Wildman–Crippen LogP) is 3.13. The molecule has 0 unspecified atom stereocenters. The standard InChI is InChI=1S/C15H12FNO2/c1-19-14-6-2-5-12(16)15(14)13(18)8-7-11-4-3-9-17-10-11/h2-10H,1H3. The van der Waals surface area contributed by atoms with Crippen LogP contribution in [0.25, 0.3) is 6.08 Å². The van der Waals surface area contributed by atoms with Gasteiger partial charge >= 0.3 is 0 Å². The summed E-state index contributed by atoms with van der Waals surface area (Å²) in [6.07, 6.45) is 6.14. The molecule has 0 amide bonds. The van der Waals surface area contributed by atoms with Gasteiger partial charge in [-0.3, -0.25) is 9.78 Å². The fraction of sp³-hybridized carbons (Fsp3) is 0.0667. The van der Waals surface area contributed by atoms with Crippen molar-refractivity contribution in [2.75, 3.05) is 7.11 Å². The average molecular weight is 257 g/mol. The lowest BCUT2D eigenvalue weighted by molar-refractivity contribution is 0.104. The van der Waals surface area contributed by atoms with Crippen molar-refractivity contribution in [3.05, 3.63) is 65.7 Å². The molecule has 0 aliphatic heterocycles. The van der Waals surface area contributed by atoms with Gasteiger partial charge < -0.3 is 4.74 Å². The zero-order valence-corrected chi connectivity index (χ0v) is 10.3. The van der Waals surface area contributed by atoms with Gasteiger partial charge in [0.05, 0.1) is 12.7 Å². The van der Waals surface area contributed by atoms with E-state index in [2.05, 4.69) is 4.98 Å². The highest BCUT2D eigenvalue weighted by Crippen LogP contribution is 2.22. The second-order valence-corrected chi connectivity index (χ2v) is 3.80. The van der Waals surface area contributed by atoms with Crippen LogP contribution in [0.5, 0.6) is 5.75 Å². The van der Waals surface area contributed by atoms with Crippen LogP contribution in [0.15, 0.2) is 48.8 Å². The topological polar surface area (TPSA) is 39.2 Å². The third-order valence-corrected chi connectivity index (χ3v) is 2.55. The van der Waals surface area contributed by atoms with Crippen LogP contribution in [0.1, 0.15) is 15.9 Å². The summed E-state index contributed by atoms with van der Waals surface area (Å²) in [5.41, 5.74) is 0.705. The highest BCUT2D eigenvalue weighted by atomic mass is 19.1. The van der Waals surface area contributed by atoms with E-state index in [-0.39, 0.29) is 11.3 Å². The summed E-state index contributed by atoms with van der Waals surface area (Å²) in [7, 11) is 1.40. The molecule has 1 aromatic heterocycles. The van der Waals surface area contributed by atoms with E-state index < -0.39 is 11.6 Å². The monoisotopic (exact) mass is 257 g/mol. The van der Waals surface area contributed by atoms with Crippen LogP contribution in [0, 0.1) is 5.82 Å². The van der Waals surface area contributed by atoms with Gasteiger partial charge in [0.25, 0.3) is 0 Å². The Morgan fingerprint density at radius 3 is 2.84 bits per heavy atom. The molecule has 0 fully saturated rings. The van der Waals surface area contributed by atoms with E-state index in [1.807, 2.05) is 0 Å². The average Bonchev–Trinajstić information content (AvgIpc) is 2.45. The Kier molecular flexibility index (Phi) is 4.03. The number of rotatable bonds is 4. The van der Waals surface area contributed by atoms with Gasteiger partial charge in [0.2, 0.25) is 0 Å². The largest absolute Gasteiger partial charge is 0.496 e. The van der Waals surface area contributed by atoms with Gasteiger partial charge in [-0.05, 0) is 35.9 Å². The first-order valence-electron chi connectivity index (χ1n) is 5.67. The molecule has 0 radical (unpaired) electrons. The van der Waals surface area contributed by atoms with Crippen molar-refractivity contribution in [1.29, 1.82) is 0 Å². The first kappa shape index (κ1) is 13.0. The minimum Gasteiger partial charge on any atom is -0.496 e. The summed E-state index contributed by atoms with van der Waals surface area (Å²) in [5.74, 6) is -0.820. The number of carbonyl (C=O) groups excluding carboxylic acids is 1. The Hall–Kier alpha value is -2.49. The SMILES string of the molecule is COc1cccc(F)c1C(=O)C=Cc1cccnc1. The highest BCUT2D eigenvalue weighted by molar-refractivity contribution is 6.08. The fourth-order valence-electron chi connectivity index (χ4n) is 1.64. The van der Waals surface area contributed by atoms with Gasteiger partial charge in [-0.2, -0.15) is 0 Å². The van der Waals surface area contributed by atoms with Crippen molar-refractivity contribution in [3.8, 4) is 5.75 Å². The molecule has 2 aromatic rings. The summed E-state index contributed by atoms with van der Waals surface area (Å²) in [6, 6.07) is 7.83. The van der Waals surface area contributed by atoms with Crippen molar-refractivity contribution >= 4 is 11.9 Å². The van der Waals surface area contributed by atoms with Gasteiger partial charge in [0, 0.05) is 12.4 Å². The third kappa shape index (κ3) is 3.04. The van der Waals surface area contributed by atoms with E-state index >= 15 is 0 Å². The molecular weight excluding hydrogens is 245 g/mol.